The standard InChI is InChI=1S/C10H8N4O3/c1-6-4-8(12-5-11-6)14-9(15)3-2-7(13-14)10(16)17/h2-5H,1H3,(H,16,17). The molecule has 7 heteroatoms. The molecule has 0 fully saturated rings. The first-order valence-electron chi connectivity index (χ1n) is 4.70. The van der Waals surface area contributed by atoms with E-state index in [9.17, 15) is 9.59 Å². The molecule has 0 atom stereocenters. The summed E-state index contributed by atoms with van der Waals surface area (Å²) in [7, 11) is 0. The molecule has 0 aromatic carbocycles. The second-order valence-corrected chi connectivity index (χ2v) is 3.29. The number of carbonyl (C=O) groups is 1. The van der Waals surface area contributed by atoms with Crippen LogP contribution in [0.5, 0.6) is 0 Å². The van der Waals surface area contributed by atoms with Gasteiger partial charge in [-0.05, 0) is 13.0 Å². The van der Waals surface area contributed by atoms with Gasteiger partial charge in [-0.3, -0.25) is 4.79 Å². The number of nitrogens with zero attached hydrogens (tertiary/aromatic N) is 4. The molecule has 0 unspecified atom stereocenters. The molecule has 7 nitrogen and oxygen atoms in total. The highest BCUT2D eigenvalue weighted by molar-refractivity contribution is 5.84. The van der Waals surface area contributed by atoms with Crippen LogP contribution in [0.1, 0.15) is 16.2 Å². The van der Waals surface area contributed by atoms with Crippen LogP contribution in [-0.4, -0.2) is 30.8 Å². The Morgan fingerprint density at radius 2 is 2.12 bits per heavy atom. The lowest BCUT2D eigenvalue weighted by Gasteiger charge is -2.03. The van der Waals surface area contributed by atoms with Crippen LogP contribution in [0.4, 0.5) is 0 Å². The van der Waals surface area contributed by atoms with Crippen LogP contribution in [0.15, 0.2) is 29.3 Å². The van der Waals surface area contributed by atoms with Gasteiger partial charge in [-0.2, -0.15) is 9.78 Å². The number of aromatic carboxylic acids is 1. The Morgan fingerprint density at radius 3 is 2.76 bits per heavy atom. The van der Waals surface area contributed by atoms with Gasteiger partial charge in [-0.1, -0.05) is 0 Å². The summed E-state index contributed by atoms with van der Waals surface area (Å²) >= 11 is 0. The van der Waals surface area contributed by atoms with Gasteiger partial charge in [0.2, 0.25) is 0 Å². The average molecular weight is 232 g/mol. The summed E-state index contributed by atoms with van der Waals surface area (Å²) in [6, 6.07) is 3.82. The zero-order valence-corrected chi connectivity index (χ0v) is 8.86. The number of aryl methyl sites for hydroxylation is 1. The van der Waals surface area contributed by atoms with Crippen molar-refractivity contribution in [3.05, 3.63) is 46.3 Å². The number of hydrogen-bond donors (Lipinski definition) is 1. The maximum atomic E-state index is 11.6. The Kier molecular flexibility index (Phi) is 2.65. The van der Waals surface area contributed by atoms with Gasteiger partial charge in [0.25, 0.3) is 5.56 Å². The fourth-order valence-corrected chi connectivity index (χ4v) is 1.25. The van der Waals surface area contributed by atoms with Crippen molar-refractivity contribution in [1.82, 2.24) is 19.7 Å². The summed E-state index contributed by atoms with van der Waals surface area (Å²) in [5, 5.41) is 12.5. The Morgan fingerprint density at radius 1 is 1.35 bits per heavy atom. The minimum atomic E-state index is -1.20. The molecule has 0 aliphatic carbocycles. The summed E-state index contributed by atoms with van der Waals surface area (Å²) < 4.78 is 0.929. The van der Waals surface area contributed by atoms with Crippen molar-refractivity contribution in [2.75, 3.05) is 0 Å². The first-order chi connectivity index (χ1) is 8.08. The van der Waals surface area contributed by atoms with Gasteiger partial charge in [0, 0.05) is 17.8 Å². The first kappa shape index (κ1) is 10.9. The highest BCUT2D eigenvalue weighted by atomic mass is 16.4. The molecule has 0 amide bonds. The first-order valence-corrected chi connectivity index (χ1v) is 4.70. The molecule has 0 aliphatic heterocycles. The van der Waals surface area contributed by atoms with E-state index in [1.807, 2.05) is 0 Å². The van der Waals surface area contributed by atoms with Gasteiger partial charge in [0.15, 0.2) is 11.5 Å². The minimum Gasteiger partial charge on any atom is -0.476 e. The van der Waals surface area contributed by atoms with Crippen LogP contribution in [0, 0.1) is 6.92 Å². The van der Waals surface area contributed by atoms with Crippen molar-refractivity contribution in [3.63, 3.8) is 0 Å². The van der Waals surface area contributed by atoms with E-state index in [-0.39, 0.29) is 11.5 Å². The van der Waals surface area contributed by atoms with Crippen LogP contribution in [0.25, 0.3) is 5.82 Å². The van der Waals surface area contributed by atoms with E-state index in [1.165, 1.54) is 6.33 Å². The second kappa shape index (κ2) is 4.12. The van der Waals surface area contributed by atoms with E-state index in [1.54, 1.807) is 13.0 Å². The van der Waals surface area contributed by atoms with E-state index >= 15 is 0 Å². The average Bonchev–Trinajstić information content (AvgIpc) is 2.29. The molecular weight excluding hydrogens is 224 g/mol. The number of rotatable bonds is 2. The molecule has 2 heterocycles. The maximum absolute atomic E-state index is 11.6. The van der Waals surface area contributed by atoms with Crippen molar-refractivity contribution < 1.29 is 9.90 Å². The third-order valence-corrected chi connectivity index (χ3v) is 2.03. The zero-order chi connectivity index (χ0) is 12.4. The number of carboxylic acid groups (broad SMARTS) is 1. The largest absolute Gasteiger partial charge is 0.476 e. The van der Waals surface area contributed by atoms with E-state index < -0.39 is 11.5 Å². The number of aromatic nitrogens is 4. The minimum absolute atomic E-state index is 0.221. The predicted octanol–water partition coefficient (Wildman–Crippen LogP) is 0.0291. The Hall–Kier alpha value is -2.57. The molecule has 0 saturated carbocycles. The van der Waals surface area contributed by atoms with E-state index in [4.69, 9.17) is 5.11 Å². The van der Waals surface area contributed by atoms with Crippen LogP contribution < -0.4 is 5.56 Å². The van der Waals surface area contributed by atoms with E-state index in [0.717, 1.165) is 16.8 Å². The fraction of sp³-hybridized carbons (Fsp3) is 0.100. The van der Waals surface area contributed by atoms with Crippen LogP contribution in [0.3, 0.4) is 0 Å². The van der Waals surface area contributed by atoms with Crippen molar-refractivity contribution >= 4 is 5.97 Å². The molecular formula is C10H8N4O3. The summed E-state index contributed by atoms with van der Waals surface area (Å²) in [6.07, 6.45) is 1.28. The molecule has 0 radical (unpaired) electrons. The maximum Gasteiger partial charge on any atom is 0.356 e. The molecule has 0 bridgehead atoms. The van der Waals surface area contributed by atoms with Gasteiger partial charge in [0.05, 0.1) is 0 Å². The van der Waals surface area contributed by atoms with E-state index in [2.05, 4.69) is 15.1 Å². The highest BCUT2D eigenvalue weighted by Gasteiger charge is 2.09. The summed E-state index contributed by atoms with van der Waals surface area (Å²) in [5.41, 5.74) is -0.0154. The summed E-state index contributed by atoms with van der Waals surface area (Å²) in [4.78, 5) is 30.1. The van der Waals surface area contributed by atoms with E-state index in [0.29, 0.717) is 5.69 Å². The third-order valence-electron chi connectivity index (χ3n) is 2.03. The van der Waals surface area contributed by atoms with Crippen LogP contribution >= 0.6 is 0 Å². The molecule has 2 rings (SSSR count). The van der Waals surface area contributed by atoms with Crippen LogP contribution in [-0.2, 0) is 0 Å². The van der Waals surface area contributed by atoms with Crippen molar-refractivity contribution in [2.45, 2.75) is 6.92 Å². The fourth-order valence-electron chi connectivity index (χ4n) is 1.25. The van der Waals surface area contributed by atoms with Crippen LogP contribution in [0.2, 0.25) is 0 Å². The van der Waals surface area contributed by atoms with Gasteiger partial charge in [0.1, 0.15) is 6.33 Å². The zero-order valence-electron chi connectivity index (χ0n) is 8.86. The number of hydrogen-bond acceptors (Lipinski definition) is 5. The lowest BCUT2D eigenvalue weighted by molar-refractivity contribution is 0.0688. The molecule has 0 aliphatic rings. The molecule has 1 N–H and O–H groups in total. The Bertz CT molecular complexity index is 635. The smallest absolute Gasteiger partial charge is 0.356 e. The molecule has 2 aromatic rings. The lowest BCUT2D eigenvalue weighted by Crippen LogP contribution is -2.23. The predicted molar refractivity (Wildman–Crippen MR) is 57.1 cm³/mol. The Balaban J connectivity index is 2.62. The third kappa shape index (κ3) is 2.17. The molecule has 17 heavy (non-hydrogen) atoms. The van der Waals surface area contributed by atoms with Gasteiger partial charge in [-0.25, -0.2) is 14.8 Å². The monoisotopic (exact) mass is 232 g/mol. The van der Waals surface area contributed by atoms with Crippen molar-refractivity contribution in [1.29, 1.82) is 0 Å². The van der Waals surface area contributed by atoms with Gasteiger partial charge >= 0.3 is 5.97 Å². The summed E-state index contributed by atoms with van der Waals surface area (Å²) in [5.74, 6) is -0.963. The topological polar surface area (TPSA) is 98.0 Å². The van der Waals surface area contributed by atoms with Crippen molar-refractivity contribution in [2.24, 2.45) is 0 Å². The highest BCUT2D eigenvalue weighted by Crippen LogP contribution is 2.00. The second-order valence-electron chi connectivity index (χ2n) is 3.29. The Labute approximate surface area is 95.4 Å². The molecule has 86 valence electrons. The lowest BCUT2D eigenvalue weighted by atomic mass is 10.4. The normalized spacial score (nSPS) is 10.2. The van der Waals surface area contributed by atoms with Gasteiger partial charge < -0.3 is 5.11 Å². The molecule has 0 spiro atoms. The summed E-state index contributed by atoms with van der Waals surface area (Å²) in [6.45, 7) is 1.73. The quantitative estimate of drug-likeness (QED) is 0.784. The number of carboxylic acids is 1. The molecule has 2 aromatic heterocycles. The van der Waals surface area contributed by atoms with Crippen molar-refractivity contribution in [3.8, 4) is 5.82 Å². The SMILES string of the molecule is Cc1cc(-n2nc(C(=O)O)ccc2=O)ncn1. The van der Waals surface area contributed by atoms with Gasteiger partial charge in [-0.15, -0.1) is 0 Å². The molecule has 0 saturated heterocycles.